The second kappa shape index (κ2) is 12.1. The van der Waals surface area contributed by atoms with Crippen molar-refractivity contribution in [1.29, 1.82) is 0 Å². The van der Waals surface area contributed by atoms with E-state index in [0.29, 0.717) is 30.2 Å². The number of likely N-dealkylation sites (tertiary alicyclic amines) is 2. The van der Waals surface area contributed by atoms with E-state index in [1.54, 1.807) is 6.07 Å². The second-order valence-electron chi connectivity index (χ2n) is 9.50. The second-order valence-corrected chi connectivity index (χ2v) is 9.93. The summed E-state index contributed by atoms with van der Waals surface area (Å²) in [4.78, 5) is 4.95. The molecule has 2 saturated heterocycles. The molecule has 6 heteroatoms. The topological polar surface area (TPSA) is 45.2 Å². The zero-order valence-electron chi connectivity index (χ0n) is 19.6. The molecule has 0 aliphatic carbocycles. The highest BCUT2D eigenvalue weighted by molar-refractivity contribution is 6.30. The fourth-order valence-corrected chi connectivity index (χ4v) is 4.88. The Balaban J connectivity index is 1.17. The molecule has 2 fully saturated rings. The molecule has 1 N–H and O–H groups in total. The van der Waals surface area contributed by atoms with Gasteiger partial charge in [-0.2, -0.15) is 0 Å². The number of hydrogen-bond donors (Lipinski definition) is 1. The minimum Gasteiger partial charge on any atom is -0.494 e. The zero-order chi connectivity index (χ0) is 22.9. The average Bonchev–Trinajstić information content (AvgIpc) is 2.83. The van der Waals surface area contributed by atoms with Gasteiger partial charge in [0.2, 0.25) is 0 Å². The third kappa shape index (κ3) is 7.89. The van der Waals surface area contributed by atoms with Gasteiger partial charge in [-0.1, -0.05) is 36.2 Å². The monoisotopic (exact) mass is 472 g/mol. The summed E-state index contributed by atoms with van der Waals surface area (Å²) in [6.45, 7) is 7.24. The summed E-state index contributed by atoms with van der Waals surface area (Å²) >= 11 is 6.02. The Morgan fingerprint density at radius 2 is 1.58 bits per heavy atom. The molecule has 2 aromatic rings. The van der Waals surface area contributed by atoms with Gasteiger partial charge in [0.05, 0.1) is 6.61 Å². The third-order valence-corrected chi connectivity index (χ3v) is 6.97. The SMILES string of the molecule is OC1(COc2cccc(Cl)c2)CCN(Cc2cccc(OCCCN3CCCCC3)c2)CC1. The van der Waals surface area contributed by atoms with Crippen molar-refractivity contribution >= 4 is 11.6 Å². The Kier molecular flexibility index (Phi) is 8.90. The third-order valence-electron chi connectivity index (χ3n) is 6.73. The van der Waals surface area contributed by atoms with Gasteiger partial charge < -0.3 is 19.5 Å². The molecule has 4 rings (SSSR count). The molecule has 33 heavy (non-hydrogen) atoms. The molecule has 2 aromatic carbocycles. The number of benzene rings is 2. The van der Waals surface area contributed by atoms with Crippen LogP contribution in [-0.2, 0) is 6.54 Å². The first-order valence-electron chi connectivity index (χ1n) is 12.4. The van der Waals surface area contributed by atoms with E-state index in [9.17, 15) is 5.11 Å². The zero-order valence-corrected chi connectivity index (χ0v) is 20.3. The number of hydrogen-bond acceptors (Lipinski definition) is 5. The van der Waals surface area contributed by atoms with Crippen molar-refractivity contribution in [3.63, 3.8) is 0 Å². The van der Waals surface area contributed by atoms with E-state index >= 15 is 0 Å². The molecule has 0 bridgehead atoms. The summed E-state index contributed by atoms with van der Waals surface area (Å²) in [5, 5.41) is 11.6. The van der Waals surface area contributed by atoms with E-state index in [0.717, 1.165) is 45.0 Å². The van der Waals surface area contributed by atoms with Crippen molar-refractivity contribution < 1.29 is 14.6 Å². The van der Waals surface area contributed by atoms with Crippen molar-refractivity contribution in [2.75, 3.05) is 45.9 Å². The van der Waals surface area contributed by atoms with Crippen LogP contribution in [0.15, 0.2) is 48.5 Å². The van der Waals surface area contributed by atoms with Gasteiger partial charge in [-0.15, -0.1) is 0 Å². The molecule has 0 saturated carbocycles. The average molecular weight is 473 g/mol. The van der Waals surface area contributed by atoms with E-state index in [4.69, 9.17) is 21.1 Å². The lowest BCUT2D eigenvalue weighted by molar-refractivity contribution is -0.0537. The van der Waals surface area contributed by atoms with E-state index in [1.165, 1.54) is 37.9 Å². The van der Waals surface area contributed by atoms with Crippen molar-refractivity contribution in [2.24, 2.45) is 0 Å². The van der Waals surface area contributed by atoms with Crippen LogP contribution in [0, 0.1) is 0 Å². The molecular weight excluding hydrogens is 436 g/mol. The molecule has 0 amide bonds. The molecule has 0 radical (unpaired) electrons. The molecule has 0 aromatic heterocycles. The molecule has 2 aliphatic rings. The smallest absolute Gasteiger partial charge is 0.120 e. The van der Waals surface area contributed by atoms with Crippen molar-refractivity contribution in [3.05, 3.63) is 59.1 Å². The molecule has 0 atom stereocenters. The van der Waals surface area contributed by atoms with Crippen LogP contribution < -0.4 is 9.47 Å². The van der Waals surface area contributed by atoms with Gasteiger partial charge in [-0.3, -0.25) is 4.90 Å². The normalized spacial score (nSPS) is 19.3. The minimum atomic E-state index is -0.794. The van der Waals surface area contributed by atoms with Gasteiger partial charge in [0, 0.05) is 31.2 Å². The lowest BCUT2D eigenvalue weighted by Crippen LogP contribution is -2.47. The Morgan fingerprint density at radius 3 is 2.33 bits per heavy atom. The molecule has 5 nitrogen and oxygen atoms in total. The van der Waals surface area contributed by atoms with Crippen LogP contribution in [0.5, 0.6) is 11.5 Å². The standard InChI is InChI=1S/C27H37ClN2O3/c28-24-8-5-10-26(20-24)33-22-27(31)11-16-30(17-12-27)21-23-7-4-9-25(19-23)32-18-6-15-29-13-2-1-3-14-29/h4-5,7-10,19-20,31H,1-3,6,11-18,21-22H2. The lowest BCUT2D eigenvalue weighted by atomic mass is 9.92. The first-order chi connectivity index (χ1) is 16.1. The van der Waals surface area contributed by atoms with E-state index in [-0.39, 0.29) is 0 Å². The highest BCUT2D eigenvalue weighted by Crippen LogP contribution is 2.26. The predicted octanol–water partition coefficient (Wildman–Crippen LogP) is 5.00. The summed E-state index contributed by atoms with van der Waals surface area (Å²) in [5.74, 6) is 1.65. The number of rotatable bonds is 10. The van der Waals surface area contributed by atoms with Crippen LogP contribution in [0.2, 0.25) is 5.02 Å². The Hall–Kier alpha value is -1.79. The van der Waals surface area contributed by atoms with Crippen molar-refractivity contribution in [1.82, 2.24) is 9.80 Å². The summed E-state index contributed by atoms with van der Waals surface area (Å²) in [5.41, 5.74) is 0.460. The number of nitrogens with zero attached hydrogens (tertiary/aromatic N) is 2. The van der Waals surface area contributed by atoms with Crippen LogP contribution in [0.25, 0.3) is 0 Å². The van der Waals surface area contributed by atoms with E-state index in [1.807, 2.05) is 24.3 Å². The van der Waals surface area contributed by atoms with Crippen molar-refractivity contribution in [3.8, 4) is 11.5 Å². The molecular formula is C27H37ClN2O3. The summed E-state index contributed by atoms with van der Waals surface area (Å²) in [7, 11) is 0. The van der Waals surface area contributed by atoms with Gasteiger partial charge in [0.25, 0.3) is 0 Å². The van der Waals surface area contributed by atoms with E-state index < -0.39 is 5.60 Å². The first kappa shape index (κ1) is 24.3. The van der Waals surface area contributed by atoms with Gasteiger partial charge in [-0.05, 0) is 81.1 Å². The van der Waals surface area contributed by atoms with Gasteiger partial charge in [-0.25, -0.2) is 0 Å². The lowest BCUT2D eigenvalue weighted by Gasteiger charge is -2.38. The Morgan fingerprint density at radius 1 is 0.848 bits per heavy atom. The Bertz CT molecular complexity index is 864. The van der Waals surface area contributed by atoms with Gasteiger partial charge in [0.15, 0.2) is 0 Å². The van der Waals surface area contributed by atoms with Crippen LogP contribution in [-0.4, -0.2) is 66.4 Å². The number of aliphatic hydroxyl groups is 1. The molecule has 180 valence electrons. The predicted molar refractivity (Wildman–Crippen MR) is 133 cm³/mol. The van der Waals surface area contributed by atoms with E-state index in [2.05, 4.69) is 28.0 Å². The fraction of sp³-hybridized carbons (Fsp3) is 0.556. The van der Waals surface area contributed by atoms with Crippen LogP contribution in [0.3, 0.4) is 0 Å². The maximum Gasteiger partial charge on any atom is 0.120 e. The summed E-state index contributed by atoms with van der Waals surface area (Å²) < 4.78 is 11.8. The van der Waals surface area contributed by atoms with Crippen LogP contribution in [0.4, 0.5) is 0 Å². The number of ether oxygens (including phenoxy) is 2. The number of halogens is 1. The molecule has 0 unspecified atom stereocenters. The molecule has 2 heterocycles. The van der Waals surface area contributed by atoms with Crippen LogP contribution >= 0.6 is 11.6 Å². The van der Waals surface area contributed by atoms with Gasteiger partial charge >= 0.3 is 0 Å². The highest BCUT2D eigenvalue weighted by Gasteiger charge is 2.33. The Labute approximate surface area is 203 Å². The van der Waals surface area contributed by atoms with Crippen molar-refractivity contribution in [2.45, 2.75) is 50.7 Å². The first-order valence-corrected chi connectivity index (χ1v) is 12.7. The minimum absolute atomic E-state index is 0.294. The maximum absolute atomic E-state index is 10.9. The largest absolute Gasteiger partial charge is 0.494 e. The number of piperidine rings is 2. The maximum atomic E-state index is 10.9. The quantitative estimate of drug-likeness (QED) is 0.493. The summed E-state index contributed by atoms with van der Waals surface area (Å²) in [6.07, 6.45) is 6.52. The summed E-state index contributed by atoms with van der Waals surface area (Å²) in [6, 6.07) is 15.8. The van der Waals surface area contributed by atoms with Crippen LogP contribution in [0.1, 0.15) is 44.1 Å². The highest BCUT2D eigenvalue weighted by atomic mass is 35.5. The molecule has 2 aliphatic heterocycles. The fourth-order valence-electron chi connectivity index (χ4n) is 4.70. The molecule has 0 spiro atoms. The van der Waals surface area contributed by atoms with Gasteiger partial charge in [0.1, 0.15) is 23.7 Å².